The first-order valence-electron chi connectivity index (χ1n) is 10.1. The van der Waals surface area contributed by atoms with Crippen LogP contribution in [0.3, 0.4) is 0 Å². The molecule has 0 radical (unpaired) electrons. The molecular formula is C22H28N4O2S. The van der Waals surface area contributed by atoms with Crippen LogP contribution in [-0.2, 0) is 11.3 Å². The first kappa shape index (κ1) is 21.0. The van der Waals surface area contributed by atoms with E-state index in [1.165, 1.54) is 11.3 Å². The number of nitrogens with zero attached hydrogens (tertiary/aromatic N) is 3. The van der Waals surface area contributed by atoms with Crippen LogP contribution >= 0.6 is 11.3 Å². The third kappa shape index (κ3) is 4.85. The number of thiophene rings is 1. The van der Waals surface area contributed by atoms with Crippen LogP contribution in [0, 0.1) is 0 Å². The molecule has 7 heteroatoms. The van der Waals surface area contributed by atoms with Gasteiger partial charge in [0, 0.05) is 13.1 Å². The number of benzene rings is 1. The summed E-state index contributed by atoms with van der Waals surface area (Å²) in [7, 11) is 0. The second kappa shape index (κ2) is 9.69. The molecule has 1 aromatic carbocycles. The third-order valence-electron chi connectivity index (χ3n) is 4.80. The van der Waals surface area contributed by atoms with Gasteiger partial charge in [0.05, 0.1) is 22.0 Å². The quantitative estimate of drug-likeness (QED) is 0.572. The lowest BCUT2D eigenvalue weighted by atomic mass is 10.2. The first-order chi connectivity index (χ1) is 14.0. The summed E-state index contributed by atoms with van der Waals surface area (Å²) in [6.45, 7) is 7.78. The summed E-state index contributed by atoms with van der Waals surface area (Å²) in [5.41, 5.74) is 1.73. The highest BCUT2D eigenvalue weighted by Crippen LogP contribution is 2.22. The van der Waals surface area contributed by atoms with Crippen LogP contribution in [0.4, 0.5) is 0 Å². The van der Waals surface area contributed by atoms with E-state index in [1.807, 2.05) is 52.1 Å². The highest BCUT2D eigenvalue weighted by atomic mass is 32.1. The summed E-state index contributed by atoms with van der Waals surface area (Å²) < 4.78 is 1.94. The van der Waals surface area contributed by atoms with Crippen molar-refractivity contribution in [1.82, 2.24) is 19.8 Å². The standard InChI is InChI=1S/C22H28N4O2S/c1-4-12-25(13-5-2)20(27)15-26-18-10-7-6-9-17(18)24-21(26)16(3)23-22(28)19-11-8-14-29-19/h6-11,14,16H,4-5,12-13,15H2,1-3H3,(H,23,28). The van der Waals surface area contributed by atoms with Gasteiger partial charge in [-0.25, -0.2) is 4.98 Å². The number of amides is 2. The summed E-state index contributed by atoms with van der Waals surface area (Å²) >= 11 is 1.40. The van der Waals surface area contributed by atoms with E-state index in [1.54, 1.807) is 6.07 Å². The maximum atomic E-state index is 13.0. The third-order valence-corrected chi connectivity index (χ3v) is 5.67. The molecule has 0 spiro atoms. The molecule has 2 heterocycles. The maximum Gasteiger partial charge on any atom is 0.261 e. The van der Waals surface area contributed by atoms with E-state index in [2.05, 4.69) is 19.2 Å². The van der Waals surface area contributed by atoms with Gasteiger partial charge >= 0.3 is 0 Å². The number of nitrogens with one attached hydrogen (secondary N) is 1. The van der Waals surface area contributed by atoms with Crippen LogP contribution in [0.2, 0.25) is 0 Å². The Labute approximate surface area is 175 Å². The van der Waals surface area contributed by atoms with Gasteiger partial charge in [-0.3, -0.25) is 9.59 Å². The Hall–Kier alpha value is -2.67. The molecule has 0 saturated heterocycles. The van der Waals surface area contributed by atoms with Crippen LogP contribution in [0.25, 0.3) is 11.0 Å². The molecule has 2 amide bonds. The lowest BCUT2D eigenvalue weighted by Crippen LogP contribution is -2.36. The first-order valence-corrected chi connectivity index (χ1v) is 11.0. The average molecular weight is 413 g/mol. The molecule has 0 aliphatic carbocycles. The van der Waals surface area contributed by atoms with E-state index in [0.29, 0.717) is 10.7 Å². The van der Waals surface area contributed by atoms with Crippen LogP contribution in [0.15, 0.2) is 41.8 Å². The van der Waals surface area contributed by atoms with Crippen molar-refractivity contribution in [2.75, 3.05) is 13.1 Å². The van der Waals surface area contributed by atoms with Gasteiger partial charge < -0.3 is 14.8 Å². The highest BCUT2D eigenvalue weighted by Gasteiger charge is 2.22. The van der Waals surface area contributed by atoms with Crippen molar-refractivity contribution >= 4 is 34.2 Å². The number of hydrogen-bond acceptors (Lipinski definition) is 4. The Morgan fingerprint density at radius 2 is 1.86 bits per heavy atom. The van der Waals surface area contributed by atoms with E-state index in [-0.39, 0.29) is 24.4 Å². The topological polar surface area (TPSA) is 67.2 Å². The van der Waals surface area contributed by atoms with Crippen molar-refractivity contribution in [3.8, 4) is 0 Å². The zero-order chi connectivity index (χ0) is 20.8. The van der Waals surface area contributed by atoms with Crippen LogP contribution in [-0.4, -0.2) is 39.4 Å². The molecule has 0 saturated carbocycles. The molecular weight excluding hydrogens is 384 g/mol. The van der Waals surface area contributed by atoms with E-state index >= 15 is 0 Å². The number of imidazole rings is 1. The number of carbonyl (C=O) groups excluding carboxylic acids is 2. The van der Waals surface area contributed by atoms with E-state index in [4.69, 9.17) is 4.98 Å². The molecule has 1 unspecified atom stereocenters. The molecule has 1 atom stereocenters. The van der Waals surface area contributed by atoms with E-state index < -0.39 is 0 Å². The Morgan fingerprint density at radius 1 is 1.14 bits per heavy atom. The van der Waals surface area contributed by atoms with Crippen LogP contribution in [0.1, 0.15) is 55.2 Å². The van der Waals surface area contributed by atoms with Gasteiger partial charge in [0.15, 0.2) is 0 Å². The Bertz CT molecular complexity index is 959. The normalized spacial score (nSPS) is 12.1. The fourth-order valence-corrected chi connectivity index (χ4v) is 4.09. The van der Waals surface area contributed by atoms with Crippen molar-refractivity contribution in [1.29, 1.82) is 0 Å². The predicted octanol–water partition coefficient (Wildman–Crippen LogP) is 4.24. The van der Waals surface area contributed by atoms with Gasteiger partial charge in [-0.2, -0.15) is 0 Å². The van der Waals surface area contributed by atoms with Gasteiger partial charge in [0.1, 0.15) is 12.4 Å². The fraction of sp³-hybridized carbons (Fsp3) is 0.409. The molecule has 3 rings (SSSR count). The molecule has 154 valence electrons. The van der Waals surface area contributed by atoms with E-state index in [0.717, 1.165) is 37.0 Å². The Morgan fingerprint density at radius 3 is 2.52 bits per heavy atom. The number of aromatic nitrogens is 2. The van der Waals surface area contributed by atoms with Crippen molar-refractivity contribution in [3.63, 3.8) is 0 Å². The molecule has 29 heavy (non-hydrogen) atoms. The van der Waals surface area contributed by atoms with Crippen molar-refractivity contribution in [3.05, 3.63) is 52.5 Å². The number of carbonyl (C=O) groups is 2. The van der Waals surface area contributed by atoms with Crippen molar-refractivity contribution in [2.24, 2.45) is 0 Å². The fourth-order valence-electron chi connectivity index (χ4n) is 3.47. The minimum Gasteiger partial charge on any atom is -0.342 e. The number of rotatable bonds is 9. The largest absolute Gasteiger partial charge is 0.342 e. The summed E-state index contributed by atoms with van der Waals surface area (Å²) in [5, 5.41) is 4.89. The van der Waals surface area contributed by atoms with Gasteiger partial charge in [-0.1, -0.05) is 32.0 Å². The summed E-state index contributed by atoms with van der Waals surface area (Å²) in [6, 6.07) is 11.1. The minimum absolute atomic E-state index is 0.0786. The molecule has 6 nitrogen and oxygen atoms in total. The second-order valence-corrected chi connectivity index (χ2v) is 8.05. The van der Waals surface area contributed by atoms with Gasteiger partial charge in [0.25, 0.3) is 5.91 Å². The summed E-state index contributed by atoms with van der Waals surface area (Å²) in [4.78, 5) is 32.8. The summed E-state index contributed by atoms with van der Waals surface area (Å²) in [6.07, 6.45) is 1.85. The summed E-state index contributed by atoms with van der Waals surface area (Å²) in [5.74, 6) is 0.642. The Balaban J connectivity index is 1.89. The average Bonchev–Trinajstić information content (AvgIpc) is 3.36. The van der Waals surface area contributed by atoms with Crippen molar-refractivity contribution < 1.29 is 9.59 Å². The maximum absolute atomic E-state index is 13.0. The smallest absolute Gasteiger partial charge is 0.261 e. The highest BCUT2D eigenvalue weighted by molar-refractivity contribution is 7.12. The molecule has 1 N–H and O–H groups in total. The monoisotopic (exact) mass is 412 g/mol. The Kier molecular flexibility index (Phi) is 7.04. The zero-order valence-electron chi connectivity index (χ0n) is 17.2. The van der Waals surface area contributed by atoms with Gasteiger partial charge in [-0.15, -0.1) is 11.3 Å². The van der Waals surface area contributed by atoms with E-state index in [9.17, 15) is 9.59 Å². The molecule has 2 aromatic heterocycles. The van der Waals surface area contributed by atoms with Crippen LogP contribution in [0.5, 0.6) is 0 Å². The lowest BCUT2D eigenvalue weighted by Gasteiger charge is -2.23. The predicted molar refractivity (Wildman–Crippen MR) is 117 cm³/mol. The van der Waals surface area contributed by atoms with Crippen molar-refractivity contribution in [2.45, 2.75) is 46.2 Å². The molecule has 0 aliphatic rings. The molecule has 0 aliphatic heterocycles. The molecule has 0 bridgehead atoms. The number of fused-ring (bicyclic) bond motifs is 1. The molecule has 3 aromatic rings. The lowest BCUT2D eigenvalue weighted by molar-refractivity contribution is -0.131. The SMILES string of the molecule is CCCN(CCC)C(=O)Cn1c(C(C)NC(=O)c2cccs2)nc2ccccc21. The number of hydrogen-bond donors (Lipinski definition) is 1. The second-order valence-electron chi connectivity index (χ2n) is 7.10. The van der Waals surface area contributed by atoms with Gasteiger partial charge in [0.2, 0.25) is 5.91 Å². The molecule has 0 fully saturated rings. The zero-order valence-corrected chi connectivity index (χ0v) is 18.0. The minimum atomic E-state index is -0.324. The van der Waals surface area contributed by atoms with Gasteiger partial charge in [-0.05, 0) is 43.3 Å². The number of para-hydroxylation sites is 2. The van der Waals surface area contributed by atoms with Crippen LogP contribution < -0.4 is 5.32 Å².